The Morgan fingerprint density at radius 1 is 1.60 bits per heavy atom. The first-order valence-electron chi connectivity index (χ1n) is 4.61. The lowest BCUT2D eigenvalue weighted by Gasteiger charge is -2.02. The molecule has 0 unspecified atom stereocenters. The zero-order valence-corrected chi connectivity index (χ0v) is 10.8. The summed E-state index contributed by atoms with van der Waals surface area (Å²) in [4.78, 5) is 3.22. The Morgan fingerprint density at radius 3 is 3.00 bits per heavy atom. The van der Waals surface area contributed by atoms with Crippen molar-refractivity contribution in [1.29, 1.82) is 0 Å². The third-order valence-electron chi connectivity index (χ3n) is 2.35. The van der Waals surface area contributed by atoms with Gasteiger partial charge in [-0.25, -0.2) is 0 Å². The second kappa shape index (κ2) is 3.94. The molecule has 0 saturated heterocycles. The number of aromatic amines is 1. The predicted octanol–water partition coefficient (Wildman–Crippen LogP) is 3.92. The van der Waals surface area contributed by atoms with Gasteiger partial charge in [0.25, 0.3) is 0 Å². The van der Waals surface area contributed by atoms with Crippen LogP contribution in [0, 0.1) is 11.7 Å². The quantitative estimate of drug-likeness (QED) is 0.828. The van der Waals surface area contributed by atoms with Crippen LogP contribution in [0.25, 0.3) is 11.0 Å². The van der Waals surface area contributed by atoms with Crippen molar-refractivity contribution in [3.63, 3.8) is 0 Å². The van der Waals surface area contributed by atoms with Crippen LogP contribution in [0.3, 0.4) is 0 Å². The molecule has 4 heteroatoms. The van der Waals surface area contributed by atoms with Crippen molar-refractivity contribution in [1.82, 2.24) is 9.55 Å². The molecule has 0 radical (unpaired) electrons. The van der Waals surface area contributed by atoms with Crippen molar-refractivity contribution in [2.45, 2.75) is 13.5 Å². The highest BCUT2D eigenvalue weighted by molar-refractivity contribution is 9.11. The summed E-state index contributed by atoms with van der Waals surface area (Å²) in [5.41, 5.74) is 3.44. The van der Waals surface area contributed by atoms with Crippen LogP contribution in [-0.4, -0.2) is 9.55 Å². The molecule has 0 spiro atoms. The minimum Gasteiger partial charge on any atom is -0.330 e. The molecule has 0 aliphatic carbocycles. The molecular formula is C11H11BrN2S. The Labute approximate surface area is 102 Å². The van der Waals surface area contributed by atoms with E-state index in [1.165, 1.54) is 5.56 Å². The molecule has 1 aromatic carbocycles. The van der Waals surface area contributed by atoms with Crippen LogP contribution >= 0.6 is 28.1 Å². The third kappa shape index (κ3) is 1.92. The molecule has 1 heterocycles. The molecule has 0 bridgehead atoms. The van der Waals surface area contributed by atoms with Crippen molar-refractivity contribution in [2.24, 2.45) is 0 Å². The Morgan fingerprint density at radius 2 is 2.33 bits per heavy atom. The molecule has 2 aromatic rings. The lowest BCUT2D eigenvalue weighted by Crippen LogP contribution is -1.96. The van der Waals surface area contributed by atoms with E-state index < -0.39 is 0 Å². The summed E-state index contributed by atoms with van der Waals surface area (Å²) in [6, 6.07) is 6.17. The number of aryl methyl sites for hydroxylation is 1. The molecule has 0 aliphatic rings. The van der Waals surface area contributed by atoms with Crippen LogP contribution in [0.15, 0.2) is 29.3 Å². The number of rotatable bonds is 2. The largest absolute Gasteiger partial charge is 0.330 e. The Bertz CT molecular complexity index is 580. The van der Waals surface area contributed by atoms with Gasteiger partial charge in [0, 0.05) is 4.48 Å². The number of H-pyrrole nitrogens is 1. The maximum Gasteiger partial charge on any atom is 0.178 e. The highest BCUT2D eigenvalue weighted by atomic mass is 79.9. The van der Waals surface area contributed by atoms with Gasteiger partial charge in [-0.1, -0.05) is 34.6 Å². The number of nitrogens with one attached hydrogen (secondary N) is 1. The fourth-order valence-corrected chi connectivity index (χ4v) is 2.17. The van der Waals surface area contributed by atoms with Crippen molar-refractivity contribution in [3.05, 3.63) is 39.6 Å². The molecule has 0 saturated carbocycles. The van der Waals surface area contributed by atoms with E-state index in [-0.39, 0.29) is 0 Å². The lowest BCUT2D eigenvalue weighted by atomic mass is 10.2. The van der Waals surface area contributed by atoms with E-state index in [9.17, 15) is 0 Å². The van der Waals surface area contributed by atoms with Crippen LogP contribution < -0.4 is 0 Å². The van der Waals surface area contributed by atoms with Crippen molar-refractivity contribution < 1.29 is 0 Å². The van der Waals surface area contributed by atoms with Crippen molar-refractivity contribution in [2.75, 3.05) is 0 Å². The van der Waals surface area contributed by atoms with E-state index in [1.54, 1.807) is 0 Å². The number of para-hydroxylation sites is 1. The number of imidazole rings is 1. The van der Waals surface area contributed by atoms with Crippen molar-refractivity contribution in [3.8, 4) is 0 Å². The monoisotopic (exact) mass is 282 g/mol. The predicted molar refractivity (Wildman–Crippen MR) is 69.9 cm³/mol. The summed E-state index contributed by atoms with van der Waals surface area (Å²) in [6.45, 7) is 6.60. The number of hydrogen-bond donors (Lipinski definition) is 1. The zero-order chi connectivity index (χ0) is 11.0. The number of aromatic nitrogens is 2. The molecule has 1 aromatic heterocycles. The standard InChI is InChI=1S/C11H11BrN2S/c1-7-4-3-5-9-10(7)13-11(15)14(9)6-8(2)12/h3-5H,2,6H2,1H3,(H,13,15). The van der Waals surface area contributed by atoms with Crippen LogP contribution in [-0.2, 0) is 6.54 Å². The molecule has 2 rings (SSSR count). The normalized spacial score (nSPS) is 10.8. The van der Waals surface area contributed by atoms with Gasteiger partial charge in [-0.05, 0) is 30.8 Å². The molecule has 0 aliphatic heterocycles. The van der Waals surface area contributed by atoms with Gasteiger partial charge in [-0.15, -0.1) is 0 Å². The van der Waals surface area contributed by atoms with Crippen LogP contribution in [0.1, 0.15) is 5.56 Å². The maximum atomic E-state index is 5.28. The smallest absolute Gasteiger partial charge is 0.178 e. The van der Waals surface area contributed by atoms with E-state index in [0.717, 1.165) is 20.3 Å². The van der Waals surface area contributed by atoms with Gasteiger partial charge >= 0.3 is 0 Å². The Hall–Kier alpha value is -0.870. The number of allylic oxidation sites excluding steroid dienone is 1. The maximum absolute atomic E-state index is 5.28. The van der Waals surface area contributed by atoms with Gasteiger partial charge in [-0.2, -0.15) is 0 Å². The first kappa shape index (κ1) is 10.6. The molecule has 0 atom stereocenters. The van der Waals surface area contributed by atoms with E-state index >= 15 is 0 Å². The van der Waals surface area contributed by atoms with Gasteiger partial charge in [0.15, 0.2) is 4.77 Å². The van der Waals surface area contributed by atoms with Gasteiger partial charge in [0.05, 0.1) is 17.6 Å². The zero-order valence-electron chi connectivity index (χ0n) is 8.38. The summed E-state index contributed by atoms with van der Waals surface area (Å²) in [5.74, 6) is 0. The Balaban J connectivity index is 2.74. The second-order valence-electron chi connectivity index (χ2n) is 3.50. The second-order valence-corrected chi connectivity index (χ2v) is 5.01. The first-order chi connectivity index (χ1) is 7.09. The van der Waals surface area contributed by atoms with E-state index in [0.29, 0.717) is 6.54 Å². The van der Waals surface area contributed by atoms with Crippen LogP contribution in [0.2, 0.25) is 0 Å². The van der Waals surface area contributed by atoms with E-state index in [4.69, 9.17) is 12.2 Å². The van der Waals surface area contributed by atoms with E-state index in [2.05, 4.69) is 46.5 Å². The van der Waals surface area contributed by atoms with E-state index in [1.807, 2.05) is 10.6 Å². The molecule has 0 fully saturated rings. The number of benzene rings is 1. The van der Waals surface area contributed by atoms with Crippen LogP contribution in [0.4, 0.5) is 0 Å². The lowest BCUT2D eigenvalue weighted by molar-refractivity contribution is 0.829. The number of fused-ring (bicyclic) bond motifs is 1. The summed E-state index contributed by atoms with van der Waals surface area (Å²) >= 11 is 8.64. The van der Waals surface area contributed by atoms with Gasteiger partial charge in [0.2, 0.25) is 0 Å². The third-order valence-corrected chi connectivity index (χ3v) is 2.92. The SMILES string of the molecule is C=C(Br)Cn1c(=S)[nH]c2c(C)cccc21. The van der Waals surface area contributed by atoms with Gasteiger partial charge in [-0.3, -0.25) is 0 Å². The first-order valence-corrected chi connectivity index (χ1v) is 5.81. The highest BCUT2D eigenvalue weighted by Crippen LogP contribution is 2.19. The molecule has 15 heavy (non-hydrogen) atoms. The van der Waals surface area contributed by atoms with Gasteiger partial charge in [0.1, 0.15) is 0 Å². The fourth-order valence-electron chi connectivity index (χ4n) is 1.65. The summed E-state index contributed by atoms with van der Waals surface area (Å²) < 4.78 is 3.69. The summed E-state index contributed by atoms with van der Waals surface area (Å²) in [5, 5.41) is 0. The van der Waals surface area contributed by atoms with Crippen LogP contribution in [0.5, 0.6) is 0 Å². The highest BCUT2D eigenvalue weighted by Gasteiger charge is 2.05. The Kier molecular flexibility index (Phi) is 2.80. The topological polar surface area (TPSA) is 20.7 Å². The van der Waals surface area contributed by atoms with Crippen molar-refractivity contribution >= 4 is 39.2 Å². The average molecular weight is 283 g/mol. The van der Waals surface area contributed by atoms with Gasteiger partial charge < -0.3 is 9.55 Å². The minimum atomic E-state index is 0.697. The summed E-state index contributed by atoms with van der Waals surface area (Å²) in [6.07, 6.45) is 0. The molecule has 1 N–H and O–H groups in total. The molecule has 78 valence electrons. The molecular weight excluding hydrogens is 272 g/mol. The number of hydrogen-bond acceptors (Lipinski definition) is 1. The molecule has 0 amide bonds. The number of nitrogens with zero attached hydrogens (tertiary/aromatic N) is 1. The number of halogens is 1. The summed E-state index contributed by atoms with van der Waals surface area (Å²) in [7, 11) is 0. The average Bonchev–Trinajstić information content (AvgIpc) is 2.45. The molecule has 2 nitrogen and oxygen atoms in total. The fraction of sp³-hybridized carbons (Fsp3) is 0.182. The minimum absolute atomic E-state index is 0.697.